The van der Waals surface area contributed by atoms with Crippen LogP contribution in [0.5, 0.6) is 11.5 Å². The van der Waals surface area contributed by atoms with E-state index in [2.05, 4.69) is 19.5 Å². The number of amides is 1. The van der Waals surface area contributed by atoms with Crippen molar-refractivity contribution in [2.24, 2.45) is 0 Å². The van der Waals surface area contributed by atoms with Gasteiger partial charge in [0.25, 0.3) is 0 Å². The van der Waals surface area contributed by atoms with Crippen molar-refractivity contribution >= 4 is 15.9 Å². The summed E-state index contributed by atoms with van der Waals surface area (Å²) in [7, 11) is -4.13. The Morgan fingerprint density at radius 1 is 1.35 bits per heavy atom. The molecule has 126 valence electrons. The molecule has 2 atom stereocenters. The number of rotatable bonds is 3. The van der Waals surface area contributed by atoms with Crippen LogP contribution in [0, 0.1) is 0 Å². The molecule has 2 aliphatic rings. The second-order valence-electron chi connectivity index (χ2n) is 5.37. The minimum Gasteiger partial charge on any atom is -0.395 e. The maximum absolute atomic E-state index is 13.2. The number of hydrogen-bond acceptors (Lipinski definition) is 5. The second kappa shape index (κ2) is 5.31. The molecule has 3 rings (SSSR count). The predicted molar refractivity (Wildman–Crippen MR) is 73.6 cm³/mol. The van der Waals surface area contributed by atoms with E-state index in [-0.39, 0.29) is 18.1 Å². The minimum absolute atomic E-state index is 0.162. The van der Waals surface area contributed by atoms with Crippen LogP contribution in [0.3, 0.4) is 0 Å². The summed E-state index contributed by atoms with van der Waals surface area (Å²) in [6.07, 6.45) is -3.41. The zero-order valence-corrected chi connectivity index (χ0v) is 12.8. The van der Waals surface area contributed by atoms with Crippen molar-refractivity contribution in [2.75, 3.05) is 0 Å². The number of carbonyl (C=O) groups is 1. The molecule has 2 aliphatic heterocycles. The summed E-state index contributed by atoms with van der Waals surface area (Å²) in [5, 5.41) is 2.63. The highest BCUT2D eigenvalue weighted by atomic mass is 32.2. The first-order valence-corrected chi connectivity index (χ1v) is 8.37. The molecule has 2 unspecified atom stereocenters. The Hall–Kier alpha value is -1.94. The molecule has 0 spiro atoms. The van der Waals surface area contributed by atoms with E-state index in [9.17, 15) is 22.0 Å². The lowest BCUT2D eigenvalue weighted by Crippen LogP contribution is -2.53. The number of nitrogens with one attached hydrogen (secondary N) is 2. The highest BCUT2D eigenvalue weighted by Gasteiger charge is 2.46. The second-order valence-corrected chi connectivity index (χ2v) is 7.06. The summed E-state index contributed by atoms with van der Waals surface area (Å²) >= 11 is 0. The largest absolute Gasteiger partial charge is 0.586 e. The van der Waals surface area contributed by atoms with Crippen molar-refractivity contribution < 1.29 is 31.5 Å². The molecule has 7 nitrogen and oxygen atoms in total. The van der Waals surface area contributed by atoms with E-state index in [1.807, 2.05) is 0 Å². The maximum atomic E-state index is 13.2. The van der Waals surface area contributed by atoms with Gasteiger partial charge in [-0.15, -0.1) is 8.78 Å². The third kappa shape index (κ3) is 3.08. The lowest BCUT2D eigenvalue weighted by atomic mass is 10.0. The minimum atomic E-state index is -4.13. The molecule has 1 aromatic rings. The van der Waals surface area contributed by atoms with Gasteiger partial charge in [-0.1, -0.05) is 6.07 Å². The van der Waals surface area contributed by atoms with Crippen LogP contribution in [0.1, 0.15) is 19.8 Å². The number of carbonyl (C=O) groups excluding carboxylic acids is 1. The quantitative estimate of drug-likeness (QED) is 0.848. The van der Waals surface area contributed by atoms with Crippen molar-refractivity contribution in [3.05, 3.63) is 18.2 Å². The summed E-state index contributed by atoms with van der Waals surface area (Å²) in [6, 6.07) is 2.67. The fraction of sp³-hybridized carbons (Fsp3) is 0.462. The van der Waals surface area contributed by atoms with Crippen LogP contribution in [0.2, 0.25) is 0 Å². The van der Waals surface area contributed by atoms with Gasteiger partial charge in [0.05, 0.1) is 0 Å². The van der Waals surface area contributed by atoms with Gasteiger partial charge in [-0.2, -0.15) is 0 Å². The van der Waals surface area contributed by atoms with E-state index in [4.69, 9.17) is 0 Å². The highest BCUT2D eigenvalue weighted by molar-refractivity contribution is 7.89. The molecule has 1 aromatic carbocycles. The van der Waals surface area contributed by atoms with Crippen molar-refractivity contribution in [2.45, 2.75) is 43.0 Å². The Morgan fingerprint density at radius 2 is 2.09 bits per heavy atom. The third-order valence-electron chi connectivity index (χ3n) is 3.66. The predicted octanol–water partition coefficient (Wildman–Crippen LogP) is 0.953. The Labute approximate surface area is 131 Å². The van der Waals surface area contributed by atoms with Crippen LogP contribution in [0.15, 0.2) is 23.1 Å². The highest BCUT2D eigenvalue weighted by Crippen LogP contribution is 2.44. The van der Waals surface area contributed by atoms with Crippen molar-refractivity contribution in [3.63, 3.8) is 0 Å². The van der Waals surface area contributed by atoms with Crippen molar-refractivity contribution in [1.82, 2.24) is 10.0 Å². The SMILES string of the molecule is CC1NC(=O)CCC1NS(=O)(=O)c1cccc2c1OC(F)(F)O2. The molecular formula is C13H14F2N2O5S. The molecule has 0 aromatic heterocycles. The standard InChI is InChI=1S/C13H14F2N2O5S/c1-7-8(5-6-11(18)16-7)17-23(19,20)10-4-2-3-9-12(10)22-13(14,15)21-9/h2-4,7-8,17H,5-6H2,1H3,(H,16,18). The van der Waals surface area contributed by atoms with E-state index < -0.39 is 39.0 Å². The number of hydrogen-bond donors (Lipinski definition) is 2. The van der Waals surface area contributed by atoms with Crippen LogP contribution < -0.4 is 19.5 Å². The lowest BCUT2D eigenvalue weighted by molar-refractivity contribution is -0.287. The topological polar surface area (TPSA) is 93.7 Å². The van der Waals surface area contributed by atoms with Gasteiger partial charge in [0, 0.05) is 18.5 Å². The van der Waals surface area contributed by atoms with E-state index >= 15 is 0 Å². The molecule has 1 amide bonds. The monoisotopic (exact) mass is 348 g/mol. The molecule has 10 heteroatoms. The van der Waals surface area contributed by atoms with Gasteiger partial charge in [-0.3, -0.25) is 4.79 Å². The van der Waals surface area contributed by atoms with Gasteiger partial charge in [0.2, 0.25) is 15.9 Å². The summed E-state index contributed by atoms with van der Waals surface area (Å²) < 4.78 is 62.3. The Kier molecular flexibility index (Phi) is 3.68. The number of fused-ring (bicyclic) bond motifs is 1. The summed E-state index contributed by atoms with van der Waals surface area (Å²) in [5.74, 6) is -1.04. The van der Waals surface area contributed by atoms with Gasteiger partial charge in [-0.05, 0) is 25.5 Å². The van der Waals surface area contributed by atoms with Crippen molar-refractivity contribution in [1.29, 1.82) is 0 Å². The third-order valence-corrected chi connectivity index (χ3v) is 5.18. The smallest absolute Gasteiger partial charge is 0.395 e. The molecule has 0 bridgehead atoms. The number of ether oxygens (including phenoxy) is 2. The van der Waals surface area contributed by atoms with E-state index in [0.717, 1.165) is 6.07 Å². The average Bonchev–Trinajstić information content (AvgIpc) is 2.75. The molecule has 2 N–H and O–H groups in total. The van der Waals surface area contributed by atoms with Crippen LogP contribution in [0.25, 0.3) is 0 Å². The van der Waals surface area contributed by atoms with Crippen molar-refractivity contribution in [3.8, 4) is 11.5 Å². The molecule has 23 heavy (non-hydrogen) atoms. The molecule has 0 radical (unpaired) electrons. The normalized spacial score (nSPS) is 26.0. The summed E-state index contributed by atoms with van der Waals surface area (Å²) in [4.78, 5) is 10.8. The number of sulfonamides is 1. The van der Waals surface area contributed by atoms with Gasteiger partial charge in [0.15, 0.2) is 11.5 Å². The average molecular weight is 348 g/mol. The molecule has 1 saturated heterocycles. The summed E-state index contributed by atoms with van der Waals surface area (Å²) in [6.45, 7) is 1.66. The number of benzene rings is 1. The first-order chi connectivity index (χ1) is 10.7. The number of piperidine rings is 1. The Balaban J connectivity index is 1.87. The van der Waals surface area contributed by atoms with Gasteiger partial charge >= 0.3 is 6.29 Å². The molecule has 0 saturated carbocycles. The number of alkyl halides is 2. The maximum Gasteiger partial charge on any atom is 0.586 e. The lowest BCUT2D eigenvalue weighted by Gasteiger charge is -2.30. The van der Waals surface area contributed by atoms with Crippen LogP contribution in [-0.4, -0.2) is 32.7 Å². The fourth-order valence-electron chi connectivity index (χ4n) is 2.54. The number of halogens is 2. The van der Waals surface area contributed by atoms with Crippen LogP contribution >= 0.6 is 0 Å². The summed E-state index contributed by atoms with van der Waals surface area (Å²) in [5.41, 5.74) is 0. The first-order valence-electron chi connectivity index (χ1n) is 6.88. The molecular weight excluding hydrogens is 334 g/mol. The van der Waals surface area contributed by atoms with E-state index in [1.54, 1.807) is 6.92 Å². The van der Waals surface area contributed by atoms with Gasteiger partial charge in [-0.25, -0.2) is 13.1 Å². The van der Waals surface area contributed by atoms with E-state index in [1.165, 1.54) is 12.1 Å². The first kappa shape index (κ1) is 15.9. The number of para-hydroxylation sites is 1. The Bertz CT molecular complexity index is 753. The zero-order chi connectivity index (χ0) is 16.8. The molecule has 2 heterocycles. The van der Waals surface area contributed by atoms with E-state index in [0.29, 0.717) is 6.42 Å². The Morgan fingerprint density at radius 3 is 2.78 bits per heavy atom. The molecule has 0 aliphatic carbocycles. The van der Waals surface area contributed by atoms with Gasteiger partial charge < -0.3 is 14.8 Å². The van der Waals surface area contributed by atoms with Crippen LogP contribution in [0.4, 0.5) is 8.78 Å². The van der Waals surface area contributed by atoms with Gasteiger partial charge in [0.1, 0.15) is 4.90 Å². The zero-order valence-electron chi connectivity index (χ0n) is 12.0. The van der Waals surface area contributed by atoms with Crippen LogP contribution in [-0.2, 0) is 14.8 Å². The molecule has 1 fully saturated rings. The fourth-order valence-corrected chi connectivity index (χ4v) is 4.03.